The maximum Gasteiger partial charge on any atom is 0.0634 e. The fourth-order valence-corrected chi connectivity index (χ4v) is 2.72. The first kappa shape index (κ1) is 12.9. The van der Waals surface area contributed by atoms with Crippen LogP contribution in [0.15, 0.2) is 18.2 Å². The van der Waals surface area contributed by atoms with E-state index in [0.29, 0.717) is 11.9 Å². The van der Waals surface area contributed by atoms with E-state index in [9.17, 15) is 0 Å². The summed E-state index contributed by atoms with van der Waals surface area (Å²) in [5.41, 5.74) is 4.03. The molecule has 1 fully saturated rings. The molecule has 0 bridgehead atoms. The van der Waals surface area contributed by atoms with Crippen LogP contribution >= 0.6 is 11.6 Å². The predicted octanol–water partition coefficient (Wildman–Crippen LogP) is 2.74. The van der Waals surface area contributed by atoms with Crippen molar-refractivity contribution in [3.05, 3.63) is 34.9 Å². The molecule has 1 aromatic rings. The quantitative estimate of drug-likeness (QED) is 0.768. The Balaban J connectivity index is 2.08. The third-order valence-electron chi connectivity index (χ3n) is 3.19. The number of ether oxygens (including phenoxy) is 1. The number of benzene rings is 1. The Hall–Kier alpha value is -0.570. The predicted molar refractivity (Wildman–Crippen MR) is 71.7 cm³/mol. The smallest absolute Gasteiger partial charge is 0.0634 e. The first-order valence-corrected chi connectivity index (χ1v) is 6.67. The molecule has 0 radical (unpaired) electrons. The van der Waals surface area contributed by atoms with Crippen molar-refractivity contribution in [3.8, 4) is 0 Å². The van der Waals surface area contributed by atoms with E-state index in [-0.39, 0.29) is 0 Å². The Labute approximate surface area is 109 Å². The van der Waals surface area contributed by atoms with E-state index in [1.807, 2.05) is 0 Å². The van der Waals surface area contributed by atoms with Gasteiger partial charge in [0.1, 0.15) is 0 Å². The number of aryl methyl sites for hydroxylation is 2. The molecule has 1 saturated heterocycles. The minimum absolute atomic E-state index is 0.353. The molecule has 17 heavy (non-hydrogen) atoms. The molecule has 0 saturated carbocycles. The van der Waals surface area contributed by atoms with Gasteiger partial charge in [-0.3, -0.25) is 4.90 Å². The van der Waals surface area contributed by atoms with Gasteiger partial charge in [-0.2, -0.15) is 0 Å². The second-order valence-electron chi connectivity index (χ2n) is 4.85. The maximum atomic E-state index is 5.98. The minimum Gasteiger partial charge on any atom is -0.378 e. The minimum atomic E-state index is 0.353. The lowest BCUT2D eigenvalue weighted by molar-refractivity contribution is -0.00305. The van der Waals surface area contributed by atoms with E-state index < -0.39 is 0 Å². The summed E-state index contributed by atoms with van der Waals surface area (Å²) in [4.78, 5) is 2.42. The molecule has 2 rings (SSSR count). The number of hydrogen-bond donors (Lipinski definition) is 0. The van der Waals surface area contributed by atoms with Crippen molar-refractivity contribution in [2.45, 2.75) is 26.4 Å². The van der Waals surface area contributed by atoms with Gasteiger partial charge in [0.25, 0.3) is 0 Å². The average Bonchev–Trinajstić information content (AvgIpc) is 2.28. The third-order valence-corrected chi connectivity index (χ3v) is 3.55. The summed E-state index contributed by atoms with van der Waals surface area (Å²) in [5, 5.41) is 0. The van der Waals surface area contributed by atoms with Crippen LogP contribution in [0.1, 0.15) is 16.7 Å². The van der Waals surface area contributed by atoms with Crippen LogP contribution in [0.25, 0.3) is 0 Å². The maximum absolute atomic E-state index is 5.98. The van der Waals surface area contributed by atoms with E-state index in [0.717, 1.165) is 26.3 Å². The lowest BCUT2D eigenvalue weighted by Gasteiger charge is -2.34. The number of morpholine rings is 1. The Bertz CT molecular complexity index is 360. The van der Waals surface area contributed by atoms with E-state index in [1.54, 1.807) is 0 Å². The van der Waals surface area contributed by atoms with E-state index in [1.165, 1.54) is 16.7 Å². The van der Waals surface area contributed by atoms with Gasteiger partial charge >= 0.3 is 0 Å². The van der Waals surface area contributed by atoms with Crippen molar-refractivity contribution >= 4 is 11.6 Å². The highest BCUT2D eigenvalue weighted by Crippen LogP contribution is 2.16. The number of hydrogen-bond acceptors (Lipinski definition) is 2. The molecular formula is C14H20ClNO. The SMILES string of the molecule is Cc1cc(C)cc(CN2CCOCC2CCl)c1. The zero-order valence-electron chi connectivity index (χ0n) is 10.6. The Morgan fingerprint density at radius 1 is 1.29 bits per heavy atom. The third kappa shape index (κ3) is 3.44. The number of nitrogens with zero attached hydrogens (tertiary/aromatic N) is 1. The molecule has 0 amide bonds. The first-order chi connectivity index (χ1) is 8.19. The summed E-state index contributed by atoms with van der Waals surface area (Å²) in [5.74, 6) is 0.644. The molecule has 1 heterocycles. The van der Waals surface area contributed by atoms with Crippen molar-refractivity contribution < 1.29 is 4.74 Å². The van der Waals surface area contributed by atoms with Crippen molar-refractivity contribution in [2.24, 2.45) is 0 Å². The Morgan fingerprint density at radius 3 is 2.65 bits per heavy atom. The summed E-state index contributed by atoms with van der Waals surface area (Å²) < 4.78 is 5.46. The van der Waals surface area contributed by atoms with Gasteiger partial charge in [0.2, 0.25) is 0 Å². The molecule has 1 aromatic carbocycles. The molecule has 1 aliphatic rings. The van der Waals surface area contributed by atoms with Crippen LogP contribution in [0.3, 0.4) is 0 Å². The molecule has 0 spiro atoms. The summed E-state index contributed by atoms with van der Waals surface area (Å²) >= 11 is 5.98. The van der Waals surface area contributed by atoms with Gasteiger partial charge in [-0.15, -0.1) is 11.6 Å². The largest absolute Gasteiger partial charge is 0.378 e. The van der Waals surface area contributed by atoms with E-state index in [4.69, 9.17) is 16.3 Å². The highest BCUT2D eigenvalue weighted by molar-refractivity contribution is 6.18. The average molecular weight is 254 g/mol. The van der Waals surface area contributed by atoms with Gasteiger partial charge in [-0.25, -0.2) is 0 Å². The normalized spacial score (nSPS) is 21.7. The van der Waals surface area contributed by atoms with Crippen LogP contribution in [0.4, 0.5) is 0 Å². The molecular weight excluding hydrogens is 234 g/mol. The van der Waals surface area contributed by atoms with Crippen LogP contribution in [0.2, 0.25) is 0 Å². The second kappa shape index (κ2) is 5.85. The summed E-state index contributed by atoms with van der Waals surface area (Å²) in [6.07, 6.45) is 0. The summed E-state index contributed by atoms with van der Waals surface area (Å²) in [6.45, 7) is 7.82. The van der Waals surface area contributed by atoms with E-state index in [2.05, 4.69) is 36.9 Å². The molecule has 3 heteroatoms. The zero-order chi connectivity index (χ0) is 12.3. The molecule has 0 N–H and O–H groups in total. The van der Waals surface area contributed by atoms with Crippen molar-refractivity contribution in [3.63, 3.8) is 0 Å². The van der Waals surface area contributed by atoms with Crippen LogP contribution < -0.4 is 0 Å². The zero-order valence-corrected chi connectivity index (χ0v) is 11.3. The number of rotatable bonds is 3. The second-order valence-corrected chi connectivity index (χ2v) is 5.16. The van der Waals surface area contributed by atoms with Gasteiger partial charge in [0, 0.05) is 25.0 Å². The summed E-state index contributed by atoms with van der Waals surface area (Å²) in [7, 11) is 0. The van der Waals surface area contributed by atoms with Gasteiger partial charge in [-0.1, -0.05) is 29.3 Å². The topological polar surface area (TPSA) is 12.5 Å². The fourth-order valence-electron chi connectivity index (χ4n) is 2.43. The van der Waals surface area contributed by atoms with Gasteiger partial charge in [0.05, 0.1) is 13.2 Å². The van der Waals surface area contributed by atoms with Crippen LogP contribution in [0.5, 0.6) is 0 Å². The van der Waals surface area contributed by atoms with Gasteiger partial charge in [-0.05, 0) is 19.4 Å². The van der Waals surface area contributed by atoms with Crippen LogP contribution in [0, 0.1) is 13.8 Å². The first-order valence-electron chi connectivity index (χ1n) is 6.14. The highest BCUT2D eigenvalue weighted by atomic mass is 35.5. The number of alkyl halides is 1. The lowest BCUT2D eigenvalue weighted by Crippen LogP contribution is -2.45. The molecule has 2 nitrogen and oxygen atoms in total. The molecule has 0 aromatic heterocycles. The molecule has 0 aliphatic carbocycles. The van der Waals surface area contributed by atoms with Crippen LogP contribution in [-0.2, 0) is 11.3 Å². The van der Waals surface area contributed by atoms with Gasteiger partial charge < -0.3 is 4.74 Å². The molecule has 94 valence electrons. The van der Waals surface area contributed by atoms with Crippen LogP contribution in [-0.4, -0.2) is 36.6 Å². The summed E-state index contributed by atoms with van der Waals surface area (Å²) in [6, 6.07) is 7.08. The van der Waals surface area contributed by atoms with E-state index >= 15 is 0 Å². The standard InChI is InChI=1S/C14H20ClNO/c1-11-5-12(2)7-13(6-11)9-16-3-4-17-10-14(16)8-15/h5-7,14H,3-4,8-10H2,1-2H3. The van der Waals surface area contributed by atoms with Crippen molar-refractivity contribution in [1.82, 2.24) is 4.90 Å². The van der Waals surface area contributed by atoms with Gasteiger partial charge in [0.15, 0.2) is 0 Å². The number of halogens is 1. The Morgan fingerprint density at radius 2 is 2.00 bits per heavy atom. The monoisotopic (exact) mass is 253 g/mol. The molecule has 1 unspecified atom stereocenters. The van der Waals surface area contributed by atoms with Crippen molar-refractivity contribution in [2.75, 3.05) is 25.6 Å². The Kier molecular flexibility index (Phi) is 4.43. The fraction of sp³-hybridized carbons (Fsp3) is 0.571. The highest BCUT2D eigenvalue weighted by Gasteiger charge is 2.22. The molecule has 1 aliphatic heterocycles. The lowest BCUT2D eigenvalue weighted by atomic mass is 10.1. The molecule has 1 atom stereocenters. The van der Waals surface area contributed by atoms with Crippen molar-refractivity contribution in [1.29, 1.82) is 0 Å².